The maximum absolute atomic E-state index is 13.6. The van der Waals surface area contributed by atoms with Crippen molar-refractivity contribution in [3.8, 4) is 0 Å². The van der Waals surface area contributed by atoms with Gasteiger partial charge in [0.15, 0.2) is 0 Å². The van der Waals surface area contributed by atoms with Crippen LogP contribution in [0.4, 0.5) is 14.9 Å². The molecule has 0 fully saturated rings. The van der Waals surface area contributed by atoms with Crippen molar-refractivity contribution in [3.05, 3.63) is 46.2 Å². The van der Waals surface area contributed by atoms with Crippen molar-refractivity contribution in [1.82, 2.24) is 4.37 Å². The van der Waals surface area contributed by atoms with E-state index in [0.717, 1.165) is 10.6 Å². The minimum Gasteiger partial charge on any atom is -0.441 e. The van der Waals surface area contributed by atoms with Crippen LogP contribution in [0, 0.1) is 19.7 Å². The summed E-state index contributed by atoms with van der Waals surface area (Å²) < 4.78 is 22.9. The summed E-state index contributed by atoms with van der Waals surface area (Å²) in [6.07, 6.45) is -1.28. The molecule has 20 heavy (non-hydrogen) atoms. The summed E-state index contributed by atoms with van der Waals surface area (Å²) in [4.78, 5) is 12.7. The van der Waals surface area contributed by atoms with E-state index in [2.05, 4.69) is 9.69 Å². The number of hydrogen-bond donors (Lipinski definition) is 1. The van der Waals surface area contributed by atoms with Gasteiger partial charge in [-0.05, 0) is 38.4 Å². The van der Waals surface area contributed by atoms with Gasteiger partial charge in [-0.1, -0.05) is 18.2 Å². The zero-order chi connectivity index (χ0) is 14.7. The number of aryl methyl sites for hydroxylation is 2. The maximum atomic E-state index is 13.6. The van der Waals surface area contributed by atoms with Crippen LogP contribution in [0.3, 0.4) is 0 Å². The summed E-state index contributed by atoms with van der Waals surface area (Å²) in [7, 11) is 0. The summed E-state index contributed by atoms with van der Waals surface area (Å²) in [6, 6.07) is 6.22. The number of rotatable bonds is 3. The van der Waals surface area contributed by atoms with E-state index in [-0.39, 0.29) is 0 Å². The van der Waals surface area contributed by atoms with Gasteiger partial charge in [0.05, 0.1) is 11.4 Å². The van der Waals surface area contributed by atoms with E-state index in [1.807, 2.05) is 6.92 Å². The van der Waals surface area contributed by atoms with E-state index in [9.17, 15) is 9.18 Å². The van der Waals surface area contributed by atoms with Crippen LogP contribution in [0.1, 0.15) is 29.2 Å². The number of ether oxygens (including phenoxy) is 1. The lowest BCUT2D eigenvalue weighted by Crippen LogP contribution is -2.17. The second-order valence-corrected chi connectivity index (χ2v) is 5.37. The van der Waals surface area contributed by atoms with E-state index >= 15 is 0 Å². The molecule has 1 N–H and O–H groups in total. The van der Waals surface area contributed by atoms with Gasteiger partial charge in [-0.25, -0.2) is 9.18 Å². The minimum absolute atomic E-state index is 0.347. The number of benzene rings is 1. The highest BCUT2D eigenvalue weighted by atomic mass is 32.1. The molecule has 1 aromatic carbocycles. The molecule has 1 atom stereocenters. The Morgan fingerprint density at radius 2 is 2.10 bits per heavy atom. The van der Waals surface area contributed by atoms with Crippen LogP contribution in [-0.4, -0.2) is 10.5 Å². The van der Waals surface area contributed by atoms with E-state index in [1.54, 1.807) is 32.0 Å². The first-order valence-corrected chi connectivity index (χ1v) is 6.91. The van der Waals surface area contributed by atoms with Gasteiger partial charge in [0.2, 0.25) is 0 Å². The number of nitrogens with one attached hydrogen (secondary N) is 1. The summed E-state index contributed by atoms with van der Waals surface area (Å²) in [5.74, 6) is -0.391. The molecule has 0 aliphatic rings. The van der Waals surface area contributed by atoms with Crippen molar-refractivity contribution >= 4 is 23.3 Å². The third kappa shape index (κ3) is 3.14. The quantitative estimate of drug-likeness (QED) is 0.922. The molecule has 0 saturated carbocycles. The molecule has 0 aliphatic carbocycles. The van der Waals surface area contributed by atoms with Gasteiger partial charge >= 0.3 is 6.09 Å². The first-order valence-electron chi connectivity index (χ1n) is 6.14. The van der Waals surface area contributed by atoms with Crippen LogP contribution in [0.25, 0.3) is 0 Å². The summed E-state index contributed by atoms with van der Waals surface area (Å²) >= 11 is 1.31. The maximum Gasteiger partial charge on any atom is 0.412 e. The second kappa shape index (κ2) is 6.00. The number of halogens is 1. The molecule has 6 heteroatoms. The largest absolute Gasteiger partial charge is 0.441 e. The Hall–Kier alpha value is -1.95. The SMILES string of the molecule is Cc1nsc(C)c1NC(=O)O[C@H](C)c1ccccc1F. The first-order chi connectivity index (χ1) is 9.49. The van der Waals surface area contributed by atoms with Crippen molar-refractivity contribution in [2.24, 2.45) is 0 Å². The monoisotopic (exact) mass is 294 g/mol. The molecule has 1 amide bonds. The van der Waals surface area contributed by atoms with Crippen molar-refractivity contribution < 1.29 is 13.9 Å². The van der Waals surface area contributed by atoms with E-state index in [0.29, 0.717) is 11.3 Å². The van der Waals surface area contributed by atoms with Gasteiger partial charge in [-0.3, -0.25) is 5.32 Å². The summed E-state index contributed by atoms with van der Waals surface area (Å²) in [5, 5.41) is 2.64. The van der Waals surface area contributed by atoms with Gasteiger partial charge in [0.25, 0.3) is 0 Å². The number of hydrogen-bond acceptors (Lipinski definition) is 4. The normalized spacial score (nSPS) is 12.0. The van der Waals surface area contributed by atoms with Crippen LogP contribution in [0.2, 0.25) is 0 Å². The predicted octanol–water partition coefficient (Wildman–Crippen LogP) is 4.21. The van der Waals surface area contributed by atoms with E-state index < -0.39 is 18.0 Å². The zero-order valence-corrected chi connectivity index (χ0v) is 12.3. The lowest BCUT2D eigenvalue weighted by molar-refractivity contribution is 0.119. The molecule has 0 radical (unpaired) electrons. The fraction of sp³-hybridized carbons (Fsp3) is 0.286. The summed E-state index contributed by atoms with van der Waals surface area (Å²) in [5.41, 5.74) is 1.74. The van der Waals surface area contributed by atoms with Gasteiger partial charge in [-0.15, -0.1) is 0 Å². The van der Waals surface area contributed by atoms with Crippen LogP contribution in [0.5, 0.6) is 0 Å². The number of carbonyl (C=O) groups excluding carboxylic acids is 1. The molecule has 2 rings (SSSR count). The van der Waals surface area contributed by atoms with Crippen molar-refractivity contribution in [2.75, 3.05) is 5.32 Å². The number of carbonyl (C=O) groups is 1. The molecule has 106 valence electrons. The molecular weight excluding hydrogens is 279 g/mol. The number of anilines is 1. The Morgan fingerprint density at radius 1 is 1.40 bits per heavy atom. The molecule has 1 heterocycles. The molecule has 0 bridgehead atoms. The standard InChI is InChI=1S/C14H15FN2O2S/c1-8-13(10(3)20-17-8)16-14(18)19-9(2)11-6-4-5-7-12(11)15/h4-7,9H,1-3H3,(H,16,18)/t9-/m1/s1. The average Bonchev–Trinajstić information content (AvgIpc) is 2.71. The van der Waals surface area contributed by atoms with Gasteiger partial charge in [0, 0.05) is 10.4 Å². The zero-order valence-electron chi connectivity index (χ0n) is 11.4. The highest BCUT2D eigenvalue weighted by Gasteiger charge is 2.17. The first kappa shape index (κ1) is 14.5. The van der Waals surface area contributed by atoms with Crippen molar-refractivity contribution in [3.63, 3.8) is 0 Å². The van der Waals surface area contributed by atoms with Crippen LogP contribution in [0.15, 0.2) is 24.3 Å². The Kier molecular flexibility index (Phi) is 4.34. The minimum atomic E-state index is -0.664. The molecule has 4 nitrogen and oxygen atoms in total. The molecular formula is C14H15FN2O2S. The number of amides is 1. The molecule has 1 aromatic heterocycles. The van der Waals surface area contributed by atoms with E-state index in [4.69, 9.17) is 4.74 Å². The lowest BCUT2D eigenvalue weighted by atomic mass is 10.1. The third-order valence-corrected chi connectivity index (χ3v) is 3.73. The third-order valence-electron chi connectivity index (χ3n) is 2.89. The second-order valence-electron chi connectivity index (χ2n) is 4.39. The Bertz CT molecular complexity index is 608. The average molecular weight is 294 g/mol. The fourth-order valence-electron chi connectivity index (χ4n) is 1.82. The molecule has 0 spiro atoms. The Labute approximate surface area is 120 Å². The van der Waals surface area contributed by atoms with Crippen LogP contribution < -0.4 is 5.32 Å². The fourth-order valence-corrected chi connectivity index (χ4v) is 2.48. The summed E-state index contributed by atoms with van der Waals surface area (Å²) in [6.45, 7) is 5.30. The van der Waals surface area contributed by atoms with Crippen molar-refractivity contribution in [1.29, 1.82) is 0 Å². The predicted molar refractivity (Wildman–Crippen MR) is 76.5 cm³/mol. The van der Waals surface area contributed by atoms with E-state index in [1.165, 1.54) is 17.6 Å². The highest BCUT2D eigenvalue weighted by molar-refractivity contribution is 7.06. The van der Waals surface area contributed by atoms with Gasteiger partial charge in [0.1, 0.15) is 11.9 Å². The number of aromatic nitrogens is 1. The van der Waals surface area contributed by atoms with Crippen LogP contribution in [-0.2, 0) is 4.74 Å². The van der Waals surface area contributed by atoms with Crippen molar-refractivity contribution in [2.45, 2.75) is 26.9 Å². The lowest BCUT2D eigenvalue weighted by Gasteiger charge is -2.15. The smallest absolute Gasteiger partial charge is 0.412 e. The van der Waals surface area contributed by atoms with Gasteiger partial charge in [-0.2, -0.15) is 4.37 Å². The van der Waals surface area contributed by atoms with Gasteiger partial charge < -0.3 is 4.74 Å². The number of nitrogens with zero attached hydrogens (tertiary/aromatic N) is 1. The van der Waals surface area contributed by atoms with Crippen LogP contribution >= 0.6 is 11.5 Å². The molecule has 0 saturated heterocycles. The Balaban J connectivity index is 2.04. The topological polar surface area (TPSA) is 51.2 Å². The highest BCUT2D eigenvalue weighted by Crippen LogP contribution is 2.25. The molecule has 2 aromatic rings. The Morgan fingerprint density at radius 3 is 2.70 bits per heavy atom. The molecule has 0 unspecified atom stereocenters. The molecule has 0 aliphatic heterocycles.